The number of rotatable bonds is 3. The predicted octanol–water partition coefficient (Wildman–Crippen LogP) is 3.31. The van der Waals surface area contributed by atoms with Crippen molar-refractivity contribution >= 4 is 17.3 Å². The van der Waals surface area contributed by atoms with E-state index in [0.717, 1.165) is 30.8 Å². The minimum atomic E-state index is -0.110. The molecule has 4 nitrogen and oxygen atoms in total. The van der Waals surface area contributed by atoms with Crippen molar-refractivity contribution in [1.82, 2.24) is 0 Å². The van der Waals surface area contributed by atoms with Crippen LogP contribution in [0.4, 0.5) is 11.4 Å². The van der Waals surface area contributed by atoms with Gasteiger partial charge in [-0.2, -0.15) is 0 Å². The maximum absolute atomic E-state index is 12.2. The number of methoxy groups -OCH3 is 1. The molecule has 0 saturated carbocycles. The van der Waals surface area contributed by atoms with Crippen LogP contribution in [0.25, 0.3) is 0 Å². The van der Waals surface area contributed by atoms with Crippen LogP contribution in [0.1, 0.15) is 22.3 Å². The Morgan fingerprint density at radius 2 is 2.00 bits per heavy atom. The average Bonchev–Trinajstić information content (AvgIpc) is 2.55. The van der Waals surface area contributed by atoms with Crippen molar-refractivity contribution in [3.8, 4) is 5.75 Å². The number of anilines is 2. The van der Waals surface area contributed by atoms with Gasteiger partial charge in [-0.05, 0) is 60.9 Å². The van der Waals surface area contributed by atoms with Crippen LogP contribution in [0.15, 0.2) is 42.5 Å². The molecule has 1 amide bonds. The molecule has 0 fully saturated rings. The average molecular weight is 282 g/mol. The van der Waals surface area contributed by atoms with Crippen molar-refractivity contribution in [3.05, 3.63) is 53.6 Å². The zero-order chi connectivity index (χ0) is 14.7. The van der Waals surface area contributed by atoms with Crippen LogP contribution in [-0.2, 0) is 6.42 Å². The summed E-state index contributed by atoms with van der Waals surface area (Å²) in [5, 5.41) is 6.30. The van der Waals surface area contributed by atoms with Gasteiger partial charge in [0.05, 0.1) is 7.11 Å². The first-order chi connectivity index (χ1) is 10.3. The molecular formula is C17H18N2O2. The Morgan fingerprint density at radius 1 is 1.19 bits per heavy atom. The van der Waals surface area contributed by atoms with Gasteiger partial charge in [0.15, 0.2) is 0 Å². The third-order valence-electron chi connectivity index (χ3n) is 3.65. The first-order valence-electron chi connectivity index (χ1n) is 7.08. The van der Waals surface area contributed by atoms with Crippen LogP contribution in [0.5, 0.6) is 5.75 Å². The fourth-order valence-electron chi connectivity index (χ4n) is 2.50. The van der Waals surface area contributed by atoms with Crippen LogP contribution in [0, 0.1) is 0 Å². The summed E-state index contributed by atoms with van der Waals surface area (Å²) in [6.07, 6.45) is 2.18. The van der Waals surface area contributed by atoms with Gasteiger partial charge in [-0.3, -0.25) is 4.79 Å². The summed E-state index contributed by atoms with van der Waals surface area (Å²) in [5.41, 5.74) is 3.88. The molecule has 2 aromatic rings. The van der Waals surface area contributed by atoms with Gasteiger partial charge in [0.2, 0.25) is 0 Å². The van der Waals surface area contributed by atoms with E-state index < -0.39 is 0 Å². The Labute approximate surface area is 124 Å². The molecule has 0 aromatic heterocycles. The van der Waals surface area contributed by atoms with Gasteiger partial charge in [-0.15, -0.1) is 0 Å². The van der Waals surface area contributed by atoms with Gasteiger partial charge in [0, 0.05) is 23.5 Å². The molecule has 0 atom stereocenters. The van der Waals surface area contributed by atoms with Crippen LogP contribution in [-0.4, -0.2) is 19.6 Å². The van der Waals surface area contributed by atoms with Gasteiger partial charge < -0.3 is 15.4 Å². The van der Waals surface area contributed by atoms with Gasteiger partial charge in [0.1, 0.15) is 5.75 Å². The predicted molar refractivity (Wildman–Crippen MR) is 84.2 cm³/mol. The van der Waals surface area contributed by atoms with E-state index in [1.807, 2.05) is 18.2 Å². The Bertz CT molecular complexity index is 650. The number of ether oxygens (including phenoxy) is 1. The molecule has 3 rings (SSSR count). The van der Waals surface area contributed by atoms with E-state index >= 15 is 0 Å². The fraction of sp³-hybridized carbons (Fsp3) is 0.235. The molecule has 0 aliphatic carbocycles. The number of aryl methyl sites for hydroxylation is 1. The molecule has 0 radical (unpaired) electrons. The lowest BCUT2D eigenvalue weighted by atomic mass is 10.0. The summed E-state index contributed by atoms with van der Waals surface area (Å²) in [6, 6.07) is 13.1. The maximum Gasteiger partial charge on any atom is 0.255 e. The normalized spacial score (nSPS) is 13.0. The third kappa shape index (κ3) is 2.99. The molecule has 1 heterocycles. The van der Waals surface area contributed by atoms with Crippen molar-refractivity contribution < 1.29 is 9.53 Å². The first-order valence-corrected chi connectivity index (χ1v) is 7.08. The molecule has 2 N–H and O–H groups in total. The lowest BCUT2D eigenvalue weighted by molar-refractivity contribution is 0.102. The van der Waals surface area contributed by atoms with Crippen LogP contribution >= 0.6 is 0 Å². The fourth-order valence-corrected chi connectivity index (χ4v) is 2.50. The minimum absolute atomic E-state index is 0.110. The number of benzene rings is 2. The Kier molecular flexibility index (Phi) is 3.77. The highest BCUT2D eigenvalue weighted by molar-refractivity contribution is 6.04. The second kappa shape index (κ2) is 5.87. The van der Waals surface area contributed by atoms with E-state index in [-0.39, 0.29) is 5.91 Å². The molecule has 21 heavy (non-hydrogen) atoms. The van der Waals surface area contributed by atoms with E-state index in [9.17, 15) is 4.79 Å². The van der Waals surface area contributed by atoms with Gasteiger partial charge >= 0.3 is 0 Å². The highest BCUT2D eigenvalue weighted by Gasteiger charge is 2.11. The van der Waals surface area contributed by atoms with Crippen molar-refractivity contribution in [3.63, 3.8) is 0 Å². The van der Waals surface area contributed by atoms with Gasteiger partial charge in [-0.1, -0.05) is 0 Å². The smallest absolute Gasteiger partial charge is 0.255 e. The first kappa shape index (κ1) is 13.5. The monoisotopic (exact) mass is 282 g/mol. The van der Waals surface area contributed by atoms with E-state index in [2.05, 4.69) is 10.6 Å². The Hall–Kier alpha value is -2.49. The lowest BCUT2D eigenvalue weighted by Crippen LogP contribution is -2.14. The molecule has 4 heteroatoms. The summed E-state index contributed by atoms with van der Waals surface area (Å²) in [6.45, 7) is 1.02. The zero-order valence-electron chi connectivity index (χ0n) is 12.0. The Balaban J connectivity index is 1.74. The molecule has 1 aliphatic rings. The van der Waals surface area contributed by atoms with Crippen molar-refractivity contribution in [2.24, 2.45) is 0 Å². The summed E-state index contributed by atoms with van der Waals surface area (Å²) >= 11 is 0. The lowest BCUT2D eigenvalue weighted by Gasteiger charge is -2.18. The summed E-state index contributed by atoms with van der Waals surface area (Å²) in [5.74, 6) is 0.632. The summed E-state index contributed by atoms with van der Waals surface area (Å²) in [4.78, 5) is 12.2. The minimum Gasteiger partial charge on any atom is -0.497 e. The van der Waals surface area contributed by atoms with Crippen molar-refractivity contribution in [1.29, 1.82) is 0 Å². The second-order valence-corrected chi connectivity index (χ2v) is 5.08. The van der Waals surface area contributed by atoms with E-state index in [1.54, 1.807) is 31.4 Å². The highest BCUT2D eigenvalue weighted by Crippen LogP contribution is 2.25. The number of carbonyl (C=O) groups excluding carboxylic acids is 1. The van der Waals surface area contributed by atoms with Crippen LogP contribution in [0.2, 0.25) is 0 Å². The molecular weight excluding hydrogens is 264 g/mol. The van der Waals surface area contributed by atoms with Gasteiger partial charge in [0.25, 0.3) is 5.91 Å². The number of hydrogen-bond donors (Lipinski definition) is 2. The molecule has 1 aliphatic heterocycles. The SMILES string of the molecule is COc1ccc(C(=O)Nc2ccc3c(c2)CCCN3)cc1. The molecule has 0 spiro atoms. The standard InChI is InChI=1S/C17H18N2O2/c1-21-15-7-4-12(5-8-15)17(20)19-14-6-9-16-13(11-14)3-2-10-18-16/h4-9,11,18H,2-3,10H2,1H3,(H,19,20). The number of hydrogen-bond acceptors (Lipinski definition) is 3. The largest absolute Gasteiger partial charge is 0.497 e. The number of carbonyl (C=O) groups is 1. The third-order valence-corrected chi connectivity index (χ3v) is 3.65. The molecule has 2 aromatic carbocycles. The number of fused-ring (bicyclic) bond motifs is 1. The van der Waals surface area contributed by atoms with E-state index in [4.69, 9.17) is 4.74 Å². The second-order valence-electron chi connectivity index (χ2n) is 5.08. The van der Waals surface area contributed by atoms with Crippen molar-refractivity contribution in [2.45, 2.75) is 12.8 Å². The molecule has 108 valence electrons. The van der Waals surface area contributed by atoms with E-state index in [0.29, 0.717) is 5.56 Å². The Morgan fingerprint density at radius 3 is 2.76 bits per heavy atom. The summed E-state index contributed by atoms with van der Waals surface area (Å²) in [7, 11) is 1.61. The topological polar surface area (TPSA) is 50.4 Å². The van der Waals surface area contributed by atoms with Crippen LogP contribution in [0.3, 0.4) is 0 Å². The number of nitrogens with one attached hydrogen (secondary N) is 2. The zero-order valence-corrected chi connectivity index (χ0v) is 12.0. The summed E-state index contributed by atoms with van der Waals surface area (Å²) < 4.78 is 5.09. The number of amides is 1. The quantitative estimate of drug-likeness (QED) is 0.908. The highest BCUT2D eigenvalue weighted by atomic mass is 16.5. The molecule has 0 bridgehead atoms. The molecule has 0 unspecified atom stereocenters. The van der Waals surface area contributed by atoms with Gasteiger partial charge in [-0.25, -0.2) is 0 Å². The van der Waals surface area contributed by atoms with Crippen LogP contribution < -0.4 is 15.4 Å². The van der Waals surface area contributed by atoms with Crippen molar-refractivity contribution in [2.75, 3.05) is 24.3 Å². The maximum atomic E-state index is 12.2. The van der Waals surface area contributed by atoms with E-state index in [1.165, 1.54) is 11.3 Å². The molecule has 0 saturated heterocycles.